The van der Waals surface area contributed by atoms with E-state index in [0.29, 0.717) is 28.1 Å². The molecule has 0 spiro atoms. The van der Waals surface area contributed by atoms with Crippen molar-refractivity contribution in [2.45, 2.75) is 23.8 Å². The van der Waals surface area contributed by atoms with Crippen molar-refractivity contribution in [3.05, 3.63) is 52.5 Å². The molecule has 1 amide bonds. The molecule has 0 saturated carbocycles. The molecule has 1 N–H and O–H groups in total. The molecule has 1 fully saturated rings. The van der Waals surface area contributed by atoms with Crippen molar-refractivity contribution >= 4 is 37.5 Å². The second-order valence-electron chi connectivity index (χ2n) is 6.86. The predicted molar refractivity (Wildman–Crippen MR) is 114 cm³/mol. The second kappa shape index (κ2) is 9.25. The average Bonchev–Trinajstić information content (AvgIpc) is 3.21. The number of ether oxygens (including phenoxy) is 2. The molecule has 0 aliphatic carbocycles. The lowest BCUT2D eigenvalue weighted by atomic mass is 10.2. The normalized spacial score (nSPS) is 16.8. The van der Waals surface area contributed by atoms with Crippen LogP contribution >= 0.6 is 15.9 Å². The molecule has 0 aromatic heterocycles. The van der Waals surface area contributed by atoms with Crippen LogP contribution in [-0.2, 0) is 14.8 Å². The van der Waals surface area contributed by atoms with E-state index in [1.54, 1.807) is 30.3 Å². The molecular weight excluding hydrogens is 460 g/mol. The molecule has 1 unspecified atom stereocenters. The fraction of sp³-hybridized carbons (Fsp3) is 0.350. The van der Waals surface area contributed by atoms with Crippen LogP contribution in [0.25, 0.3) is 0 Å². The van der Waals surface area contributed by atoms with Crippen molar-refractivity contribution in [3.63, 3.8) is 0 Å². The number of hydrogen-bond acceptors (Lipinski definition) is 5. The Morgan fingerprint density at radius 2 is 1.97 bits per heavy atom. The Bertz CT molecular complexity index is 971. The van der Waals surface area contributed by atoms with Crippen LogP contribution in [0.5, 0.6) is 5.75 Å². The first kappa shape index (κ1) is 21.8. The molecule has 1 atom stereocenters. The summed E-state index contributed by atoms with van der Waals surface area (Å²) in [6.45, 7) is 1.25. The van der Waals surface area contributed by atoms with Gasteiger partial charge in [0.2, 0.25) is 10.0 Å². The number of hydrogen-bond donors (Lipinski definition) is 1. The molecule has 1 saturated heterocycles. The lowest BCUT2D eigenvalue weighted by molar-refractivity contribution is 0.0677. The number of carbonyl (C=O) groups is 1. The molecule has 3 rings (SSSR count). The Balaban J connectivity index is 1.63. The average molecular weight is 483 g/mol. The van der Waals surface area contributed by atoms with Gasteiger partial charge in [0.25, 0.3) is 5.91 Å². The van der Waals surface area contributed by atoms with Gasteiger partial charge in [-0.1, -0.05) is 0 Å². The third-order valence-electron chi connectivity index (χ3n) is 4.53. The van der Waals surface area contributed by atoms with Crippen LogP contribution < -0.4 is 10.1 Å². The number of sulfonamides is 1. The molecule has 156 valence electrons. The molecular formula is C20H23BrN2O5S. The summed E-state index contributed by atoms with van der Waals surface area (Å²) in [5.41, 5.74) is 0.953. The summed E-state index contributed by atoms with van der Waals surface area (Å²) in [4.78, 5) is 12.7. The molecule has 9 heteroatoms. The molecule has 2 aromatic carbocycles. The number of amides is 1. The number of nitrogens with zero attached hydrogens (tertiary/aromatic N) is 1. The minimum absolute atomic E-state index is 0.115. The van der Waals surface area contributed by atoms with E-state index in [0.717, 1.165) is 23.8 Å². The summed E-state index contributed by atoms with van der Waals surface area (Å²) in [6.07, 6.45) is 2.16. The van der Waals surface area contributed by atoms with Gasteiger partial charge in [0.1, 0.15) is 12.4 Å². The SMILES string of the molecule is CN(C)S(=O)(=O)c1ccc(NC(=O)c2ccc(OCC3CCCO3)c(Br)c2)cc1. The van der Waals surface area contributed by atoms with E-state index in [1.165, 1.54) is 26.2 Å². The van der Waals surface area contributed by atoms with Gasteiger partial charge in [0, 0.05) is 32.0 Å². The highest BCUT2D eigenvalue weighted by atomic mass is 79.9. The molecule has 0 radical (unpaired) electrons. The second-order valence-corrected chi connectivity index (χ2v) is 9.86. The van der Waals surface area contributed by atoms with Gasteiger partial charge in [0.05, 0.1) is 15.5 Å². The van der Waals surface area contributed by atoms with Crippen LogP contribution in [0.15, 0.2) is 51.8 Å². The van der Waals surface area contributed by atoms with E-state index >= 15 is 0 Å². The van der Waals surface area contributed by atoms with E-state index in [9.17, 15) is 13.2 Å². The standard InChI is InChI=1S/C20H23BrN2O5S/c1-23(2)29(25,26)17-8-6-15(7-9-17)22-20(24)14-5-10-19(18(21)12-14)28-13-16-4-3-11-27-16/h5-10,12,16H,3-4,11,13H2,1-2H3,(H,22,24). The van der Waals surface area contributed by atoms with Crippen LogP contribution in [0.3, 0.4) is 0 Å². The zero-order chi connectivity index (χ0) is 21.0. The van der Waals surface area contributed by atoms with Crippen LogP contribution in [0, 0.1) is 0 Å². The number of rotatable bonds is 7. The van der Waals surface area contributed by atoms with Gasteiger partial charge in [-0.3, -0.25) is 4.79 Å². The maximum absolute atomic E-state index is 12.5. The minimum Gasteiger partial charge on any atom is -0.490 e. The van der Waals surface area contributed by atoms with Gasteiger partial charge >= 0.3 is 0 Å². The van der Waals surface area contributed by atoms with Crippen LogP contribution in [0.4, 0.5) is 5.69 Å². The maximum atomic E-state index is 12.5. The Morgan fingerprint density at radius 1 is 1.24 bits per heavy atom. The summed E-state index contributed by atoms with van der Waals surface area (Å²) in [5.74, 6) is 0.342. The summed E-state index contributed by atoms with van der Waals surface area (Å²) in [7, 11) is -0.566. The number of anilines is 1. The smallest absolute Gasteiger partial charge is 0.255 e. The van der Waals surface area contributed by atoms with Gasteiger partial charge < -0.3 is 14.8 Å². The minimum atomic E-state index is -3.50. The third kappa shape index (κ3) is 5.36. The first-order valence-electron chi connectivity index (χ1n) is 9.15. The van der Waals surface area contributed by atoms with Crippen molar-refractivity contribution in [1.82, 2.24) is 4.31 Å². The highest BCUT2D eigenvalue weighted by Gasteiger charge is 2.18. The van der Waals surface area contributed by atoms with Crippen LogP contribution in [0.2, 0.25) is 0 Å². The van der Waals surface area contributed by atoms with E-state index in [-0.39, 0.29) is 16.9 Å². The highest BCUT2D eigenvalue weighted by molar-refractivity contribution is 9.10. The molecule has 1 aliphatic rings. The summed E-state index contributed by atoms with van der Waals surface area (Å²) >= 11 is 3.44. The fourth-order valence-corrected chi connectivity index (χ4v) is 4.24. The Labute approximate surface area is 179 Å². The summed E-state index contributed by atoms with van der Waals surface area (Å²) in [5, 5.41) is 2.76. The molecule has 2 aromatic rings. The number of carbonyl (C=O) groups excluding carboxylic acids is 1. The van der Waals surface area contributed by atoms with Crippen LogP contribution in [-0.4, -0.2) is 52.0 Å². The van der Waals surface area contributed by atoms with Crippen LogP contribution in [0.1, 0.15) is 23.2 Å². The topological polar surface area (TPSA) is 84.9 Å². The largest absolute Gasteiger partial charge is 0.490 e. The highest BCUT2D eigenvalue weighted by Crippen LogP contribution is 2.27. The fourth-order valence-electron chi connectivity index (χ4n) is 2.84. The van der Waals surface area contributed by atoms with Crippen molar-refractivity contribution in [1.29, 1.82) is 0 Å². The van der Waals surface area contributed by atoms with Crippen molar-refractivity contribution in [2.24, 2.45) is 0 Å². The molecule has 1 heterocycles. The van der Waals surface area contributed by atoms with Gasteiger partial charge in [-0.2, -0.15) is 0 Å². The molecule has 29 heavy (non-hydrogen) atoms. The number of benzene rings is 2. The zero-order valence-electron chi connectivity index (χ0n) is 16.2. The van der Waals surface area contributed by atoms with E-state index in [4.69, 9.17) is 9.47 Å². The zero-order valence-corrected chi connectivity index (χ0v) is 18.6. The third-order valence-corrected chi connectivity index (χ3v) is 6.98. The quantitative estimate of drug-likeness (QED) is 0.652. The summed E-state index contributed by atoms with van der Waals surface area (Å²) in [6, 6.07) is 11.1. The Hall–Kier alpha value is -1.94. The van der Waals surface area contributed by atoms with Gasteiger partial charge in [0.15, 0.2) is 0 Å². The first-order chi connectivity index (χ1) is 13.8. The Kier molecular flexibility index (Phi) is 6.94. The van der Waals surface area contributed by atoms with E-state index < -0.39 is 10.0 Å². The monoisotopic (exact) mass is 482 g/mol. The van der Waals surface area contributed by atoms with Gasteiger partial charge in [-0.15, -0.1) is 0 Å². The van der Waals surface area contributed by atoms with Crippen molar-refractivity contribution < 1.29 is 22.7 Å². The Morgan fingerprint density at radius 3 is 2.55 bits per heavy atom. The maximum Gasteiger partial charge on any atom is 0.255 e. The molecule has 1 aliphatic heterocycles. The van der Waals surface area contributed by atoms with Gasteiger partial charge in [-0.25, -0.2) is 12.7 Å². The van der Waals surface area contributed by atoms with Crippen molar-refractivity contribution in [2.75, 3.05) is 32.6 Å². The van der Waals surface area contributed by atoms with E-state index in [2.05, 4.69) is 21.2 Å². The molecule has 0 bridgehead atoms. The molecule has 7 nitrogen and oxygen atoms in total. The lowest BCUT2D eigenvalue weighted by Gasteiger charge is -2.14. The number of halogens is 1. The first-order valence-corrected chi connectivity index (χ1v) is 11.4. The van der Waals surface area contributed by atoms with Gasteiger partial charge in [-0.05, 0) is 71.2 Å². The van der Waals surface area contributed by atoms with E-state index in [1.807, 2.05) is 0 Å². The number of nitrogens with one attached hydrogen (secondary N) is 1. The predicted octanol–water partition coefficient (Wildman–Crippen LogP) is 3.51. The lowest BCUT2D eigenvalue weighted by Crippen LogP contribution is -2.22. The summed E-state index contributed by atoms with van der Waals surface area (Å²) < 4.78 is 37.3. The van der Waals surface area contributed by atoms with Crippen molar-refractivity contribution in [3.8, 4) is 5.75 Å².